The monoisotopic (exact) mass is 500 g/mol. The summed E-state index contributed by atoms with van der Waals surface area (Å²) in [6.07, 6.45) is 0.354. The van der Waals surface area contributed by atoms with Crippen LogP contribution < -0.4 is 15.4 Å². The van der Waals surface area contributed by atoms with Crippen molar-refractivity contribution in [2.75, 3.05) is 32.1 Å². The van der Waals surface area contributed by atoms with Crippen molar-refractivity contribution >= 4 is 23.5 Å². The van der Waals surface area contributed by atoms with Crippen LogP contribution in [0.25, 0.3) is 0 Å². The Morgan fingerprint density at radius 1 is 0.919 bits per heavy atom. The van der Waals surface area contributed by atoms with Gasteiger partial charge in [0, 0.05) is 43.3 Å². The molecule has 0 bridgehead atoms. The molecule has 0 spiro atoms. The summed E-state index contributed by atoms with van der Waals surface area (Å²) < 4.78 is 5.16. The van der Waals surface area contributed by atoms with Gasteiger partial charge in [-0.05, 0) is 48.9 Å². The average molecular weight is 501 g/mol. The van der Waals surface area contributed by atoms with Gasteiger partial charge in [-0.2, -0.15) is 0 Å². The Bertz CT molecular complexity index is 1200. The molecular formula is C29H32N4O4. The van der Waals surface area contributed by atoms with E-state index in [9.17, 15) is 14.4 Å². The second kappa shape index (κ2) is 12.1. The van der Waals surface area contributed by atoms with Crippen molar-refractivity contribution in [3.63, 3.8) is 0 Å². The standard InChI is InChI=1S/C29H32N4O4/c1-21-20-32(17-18-33(21)27(34)23-11-7-4-8-12-23)28(35)26(19-22-9-5-3-6-10-22)31-29(36)30-24-13-15-25(37-2)16-14-24/h3-16,21,26H,17-20H2,1-2H3,(H2,30,31,36). The van der Waals surface area contributed by atoms with Crippen LogP contribution in [-0.2, 0) is 11.2 Å². The normalized spacial score (nSPS) is 16.0. The summed E-state index contributed by atoms with van der Waals surface area (Å²) in [6.45, 7) is 3.16. The van der Waals surface area contributed by atoms with Gasteiger partial charge in [0.2, 0.25) is 5.91 Å². The molecule has 0 aromatic heterocycles. The molecule has 2 unspecified atom stereocenters. The number of urea groups is 1. The van der Waals surface area contributed by atoms with Crippen LogP contribution in [0.1, 0.15) is 22.8 Å². The quantitative estimate of drug-likeness (QED) is 0.516. The second-order valence-electron chi connectivity index (χ2n) is 9.07. The molecule has 0 radical (unpaired) electrons. The number of ether oxygens (including phenoxy) is 1. The Morgan fingerprint density at radius 2 is 1.57 bits per heavy atom. The minimum Gasteiger partial charge on any atom is -0.497 e. The van der Waals surface area contributed by atoms with Gasteiger partial charge in [0.1, 0.15) is 11.8 Å². The van der Waals surface area contributed by atoms with E-state index >= 15 is 0 Å². The lowest BCUT2D eigenvalue weighted by molar-refractivity contribution is -0.135. The van der Waals surface area contributed by atoms with Crippen LogP contribution in [0.4, 0.5) is 10.5 Å². The fourth-order valence-electron chi connectivity index (χ4n) is 4.48. The predicted octanol–water partition coefficient (Wildman–Crippen LogP) is 3.80. The first kappa shape index (κ1) is 25.8. The van der Waals surface area contributed by atoms with Crippen molar-refractivity contribution in [2.45, 2.75) is 25.4 Å². The predicted molar refractivity (Wildman–Crippen MR) is 143 cm³/mol. The van der Waals surface area contributed by atoms with Gasteiger partial charge >= 0.3 is 6.03 Å². The topological polar surface area (TPSA) is 91.0 Å². The molecule has 1 heterocycles. The molecular weight excluding hydrogens is 468 g/mol. The number of carbonyl (C=O) groups excluding carboxylic acids is 3. The number of amides is 4. The maximum Gasteiger partial charge on any atom is 0.319 e. The van der Waals surface area contributed by atoms with Gasteiger partial charge in [0.15, 0.2) is 0 Å². The number of hydrogen-bond donors (Lipinski definition) is 2. The van der Waals surface area contributed by atoms with Crippen molar-refractivity contribution < 1.29 is 19.1 Å². The summed E-state index contributed by atoms with van der Waals surface area (Å²) in [6, 6.07) is 24.3. The van der Waals surface area contributed by atoms with E-state index < -0.39 is 12.1 Å². The number of methoxy groups -OCH3 is 1. The average Bonchev–Trinajstić information content (AvgIpc) is 2.93. The van der Waals surface area contributed by atoms with E-state index in [1.165, 1.54) is 0 Å². The third-order valence-corrected chi connectivity index (χ3v) is 6.45. The number of carbonyl (C=O) groups is 3. The highest BCUT2D eigenvalue weighted by Gasteiger charge is 2.33. The third kappa shape index (κ3) is 6.67. The Morgan fingerprint density at radius 3 is 2.19 bits per heavy atom. The molecule has 1 aliphatic heterocycles. The van der Waals surface area contributed by atoms with Crippen LogP contribution in [0.15, 0.2) is 84.9 Å². The first-order valence-corrected chi connectivity index (χ1v) is 12.3. The molecule has 4 amide bonds. The molecule has 37 heavy (non-hydrogen) atoms. The van der Waals surface area contributed by atoms with Gasteiger partial charge in [-0.15, -0.1) is 0 Å². The first-order chi connectivity index (χ1) is 17.9. The lowest BCUT2D eigenvalue weighted by Gasteiger charge is -2.41. The zero-order valence-corrected chi connectivity index (χ0v) is 21.1. The molecule has 3 aromatic rings. The highest BCUT2D eigenvalue weighted by Crippen LogP contribution is 2.17. The fraction of sp³-hybridized carbons (Fsp3) is 0.276. The number of rotatable bonds is 7. The van der Waals surface area contributed by atoms with Crippen LogP contribution in [0.3, 0.4) is 0 Å². The molecule has 1 saturated heterocycles. The molecule has 8 heteroatoms. The van der Waals surface area contributed by atoms with Gasteiger partial charge in [-0.1, -0.05) is 48.5 Å². The van der Waals surface area contributed by atoms with Crippen LogP contribution in [0.5, 0.6) is 5.75 Å². The minimum atomic E-state index is -0.760. The van der Waals surface area contributed by atoms with Crippen molar-refractivity contribution in [1.82, 2.24) is 15.1 Å². The first-order valence-electron chi connectivity index (χ1n) is 12.3. The Hall–Kier alpha value is -4.33. The lowest BCUT2D eigenvalue weighted by atomic mass is 10.0. The van der Waals surface area contributed by atoms with Gasteiger partial charge < -0.3 is 25.2 Å². The third-order valence-electron chi connectivity index (χ3n) is 6.45. The van der Waals surface area contributed by atoms with Gasteiger partial charge in [-0.3, -0.25) is 9.59 Å². The highest BCUT2D eigenvalue weighted by molar-refractivity contribution is 5.95. The summed E-state index contributed by atoms with van der Waals surface area (Å²) in [7, 11) is 1.58. The van der Waals surface area contributed by atoms with Crippen molar-refractivity contribution in [2.24, 2.45) is 0 Å². The van der Waals surface area contributed by atoms with Crippen molar-refractivity contribution in [3.05, 3.63) is 96.1 Å². The molecule has 1 aliphatic rings. The van der Waals surface area contributed by atoms with Crippen molar-refractivity contribution in [3.8, 4) is 5.75 Å². The van der Waals surface area contributed by atoms with Gasteiger partial charge in [0.25, 0.3) is 5.91 Å². The molecule has 192 valence electrons. The van der Waals surface area contributed by atoms with Gasteiger partial charge in [-0.25, -0.2) is 4.79 Å². The number of anilines is 1. The molecule has 2 N–H and O–H groups in total. The zero-order valence-electron chi connectivity index (χ0n) is 21.1. The fourth-order valence-corrected chi connectivity index (χ4v) is 4.48. The van der Waals surface area contributed by atoms with E-state index in [1.807, 2.05) is 55.5 Å². The minimum absolute atomic E-state index is 0.0435. The van der Waals surface area contributed by atoms with Crippen LogP contribution in [0, 0.1) is 0 Å². The maximum atomic E-state index is 13.6. The van der Waals surface area contributed by atoms with E-state index in [2.05, 4.69) is 10.6 Å². The Balaban J connectivity index is 1.43. The number of benzene rings is 3. The summed E-state index contributed by atoms with van der Waals surface area (Å²) in [5.74, 6) is 0.465. The molecule has 4 rings (SSSR count). The van der Waals surface area contributed by atoms with Crippen molar-refractivity contribution in [1.29, 1.82) is 0 Å². The zero-order chi connectivity index (χ0) is 26.2. The Kier molecular flexibility index (Phi) is 8.40. The van der Waals surface area contributed by atoms with E-state index in [4.69, 9.17) is 4.74 Å². The summed E-state index contributed by atoms with van der Waals surface area (Å²) in [4.78, 5) is 43.0. The second-order valence-corrected chi connectivity index (χ2v) is 9.07. The molecule has 2 atom stereocenters. The molecule has 0 aliphatic carbocycles. The largest absolute Gasteiger partial charge is 0.497 e. The van der Waals surface area contributed by atoms with E-state index in [0.29, 0.717) is 43.1 Å². The number of nitrogens with zero attached hydrogens (tertiary/aromatic N) is 2. The number of piperazine rings is 1. The SMILES string of the molecule is COc1ccc(NC(=O)NC(Cc2ccccc2)C(=O)N2CCN(C(=O)c3ccccc3)C(C)C2)cc1. The molecule has 3 aromatic carbocycles. The van der Waals surface area contributed by atoms with Gasteiger partial charge in [0.05, 0.1) is 7.11 Å². The molecule has 1 fully saturated rings. The van der Waals surface area contributed by atoms with E-state index in [0.717, 1.165) is 5.56 Å². The molecule has 8 nitrogen and oxygen atoms in total. The number of hydrogen-bond acceptors (Lipinski definition) is 4. The Labute approximate surface area is 217 Å². The summed E-state index contributed by atoms with van der Waals surface area (Å²) >= 11 is 0. The van der Waals surface area contributed by atoms with Crippen LogP contribution in [0.2, 0.25) is 0 Å². The van der Waals surface area contributed by atoms with E-state index in [1.54, 1.807) is 53.3 Å². The maximum absolute atomic E-state index is 13.6. The van der Waals surface area contributed by atoms with E-state index in [-0.39, 0.29) is 17.9 Å². The smallest absolute Gasteiger partial charge is 0.319 e. The lowest BCUT2D eigenvalue weighted by Crippen LogP contribution is -2.59. The van der Waals surface area contributed by atoms with Crippen LogP contribution in [-0.4, -0.2) is 66.5 Å². The molecule has 0 saturated carbocycles. The van der Waals surface area contributed by atoms with Crippen LogP contribution >= 0.6 is 0 Å². The summed E-state index contributed by atoms with van der Waals surface area (Å²) in [5, 5.41) is 5.65. The number of nitrogens with one attached hydrogen (secondary N) is 2. The summed E-state index contributed by atoms with van der Waals surface area (Å²) in [5.41, 5.74) is 2.16. The highest BCUT2D eigenvalue weighted by atomic mass is 16.5.